The van der Waals surface area contributed by atoms with Gasteiger partial charge in [0.1, 0.15) is 11.5 Å². The minimum absolute atomic E-state index is 0.608. The van der Waals surface area contributed by atoms with Crippen molar-refractivity contribution < 1.29 is 14.2 Å². The van der Waals surface area contributed by atoms with Gasteiger partial charge >= 0.3 is 0 Å². The van der Waals surface area contributed by atoms with Gasteiger partial charge in [0.2, 0.25) is 0 Å². The van der Waals surface area contributed by atoms with E-state index >= 15 is 0 Å². The molecule has 4 heteroatoms. The molecule has 0 aliphatic carbocycles. The Morgan fingerprint density at radius 3 is 2.23 bits per heavy atom. The molecule has 0 bridgehead atoms. The van der Waals surface area contributed by atoms with Crippen molar-refractivity contribution >= 4 is 0 Å². The largest absolute Gasteiger partial charge is 0.497 e. The van der Waals surface area contributed by atoms with E-state index in [2.05, 4.69) is 4.90 Å². The molecule has 0 spiro atoms. The van der Waals surface area contributed by atoms with E-state index in [0.29, 0.717) is 6.61 Å². The molecule has 0 unspecified atom stereocenters. The second kappa shape index (κ2) is 9.70. The molecule has 1 aromatic carbocycles. The average molecular weight is 307 g/mol. The molecule has 1 saturated heterocycles. The molecule has 1 fully saturated rings. The third-order valence-corrected chi connectivity index (χ3v) is 4.14. The van der Waals surface area contributed by atoms with Gasteiger partial charge in [-0.25, -0.2) is 0 Å². The predicted molar refractivity (Wildman–Crippen MR) is 88.7 cm³/mol. The van der Waals surface area contributed by atoms with Gasteiger partial charge in [-0.1, -0.05) is 6.42 Å². The first kappa shape index (κ1) is 17.1. The van der Waals surface area contributed by atoms with Crippen LogP contribution in [0.2, 0.25) is 0 Å². The Morgan fingerprint density at radius 1 is 0.909 bits per heavy atom. The van der Waals surface area contributed by atoms with Crippen LogP contribution in [0.3, 0.4) is 0 Å². The molecule has 1 heterocycles. The summed E-state index contributed by atoms with van der Waals surface area (Å²) in [6.07, 6.45) is 6.49. The third-order valence-electron chi connectivity index (χ3n) is 4.14. The van der Waals surface area contributed by atoms with Crippen LogP contribution in [-0.2, 0) is 11.3 Å². The number of nitrogens with zero attached hydrogens (tertiary/aromatic N) is 1. The third kappa shape index (κ3) is 5.85. The van der Waals surface area contributed by atoms with Crippen molar-refractivity contribution in [2.45, 2.75) is 38.7 Å². The van der Waals surface area contributed by atoms with Gasteiger partial charge in [-0.05, 0) is 63.0 Å². The van der Waals surface area contributed by atoms with Crippen LogP contribution in [0.4, 0.5) is 0 Å². The van der Waals surface area contributed by atoms with Crippen LogP contribution in [0.15, 0.2) is 18.2 Å². The maximum absolute atomic E-state index is 5.78. The molecular weight excluding hydrogens is 278 g/mol. The van der Waals surface area contributed by atoms with Gasteiger partial charge in [0.05, 0.1) is 20.8 Å². The number of ether oxygens (including phenoxy) is 3. The molecule has 0 atom stereocenters. The number of rotatable bonds is 9. The Balaban J connectivity index is 1.61. The highest BCUT2D eigenvalue weighted by molar-refractivity contribution is 5.38. The number of likely N-dealkylation sites (tertiary alicyclic amines) is 1. The Labute approximate surface area is 134 Å². The van der Waals surface area contributed by atoms with Crippen molar-refractivity contribution in [2.24, 2.45) is 0 Å². The smallest absolute Gasteiger partial charge is 0.122 e. The maximum atomic E-state index is 5.78. The second-order valence-corrected chi connectivity index (χ2v) is 5.88. The summed E-state index contributed by atoms with van der Waals surface area (Å²) in [4.78, 5) is 2.58. The van der Waals surface area contributed by atoms with Gasteiger partial charge in [0.25, 0.3) is 0 Å². The van der Waals surface area contributed by atoms with Gasteiger partial charge in [0, 0.05) is 12.7 Å². The Morgan fingerprint density at radius 2 is 1.59 bits per heavy atom. The summed E-state index contributed by atoms with van der Waals surface area (Å²) in [7, 11) is 3.33. The molecule has 1 aromatic rings. The molecule has 4 nitrogen and oxygen atoms in total. The van der Waals surface area contributed by atoms with Gasteiger partial charge in [0.15, 0.2) is 0 Å². The monoisotopic (exact) mass is 307 g/mol. The summed E-state index contributed by atoms with van der Waals surface area (Å²) < 4.78 is 16.3. The highest BCUT2D eigenvalue weighted by Crippen LogP contribution is 2.23. The lowest BCUT2D eigenvalue weighted by Crippen LogP contribution is -2.30. The standard InChI is InChI=1S/C18H29NO3/c1-20-17-12-16(13-18(14-17)21-2)15-22-11-7-6-10-19-8-4-3-5-9-19/h12-14H,3-11,15H2,1-2H3. The molecule has 1 aliphatic rings. The number of benzene rings is 1. The lowest BCUT2D eigenvalue weighted by molar-refractivity contribution is 0.112. The van der Waals surface area contributed by atoms with Crippen LogP contribution < -0.4 is 9.47 Å². The lowest BCUT2D eigenvalue weighted by Gasteiger charge is -2.26. The van der Waals surface area contributed by atoms with E-state index in [1.807, 2.05) is 18.2 Å². The molecule has 0 aromatic heterocycles. The second-order valence-electron chi connectivity index (χ2n) is 5.88. The van der Waals surface area contributed by atoms with E-state index < -0.39 is 0 Å². The van der Waals surface area contributed by atoms with E-state index in [-0.39, 0.29) is 0 Å². The predicted octanol–water partition coefficient (Wildman–Crippen LogP) is 3.49. The van der Waals surface area contributed by atoms with Crippen molar-refractivity contribution in [3.05, 3.63) is 23.8 Å². The summed E-state index contributed by atoms with van der Waals surface area (Å²) in [5.41, 5.74) is 1.09. The first-order chi connectivity index (χ1) is 10.8. The Kier molecular flexibility index (Phi) is 7.54. The Bertz CT molecular complexity index is 408. The summed E-state index contributed by atoms with van der Waals surface area (Å²) in [6.45, 7) is 5.20. The van der Waals surface area contributed by atoms with Crippen LogP contribution >= 0.6 is 0 Å². The van der Waals surface area contributed by atoms with E-state index in [9.17, 15) is 0 Å². The number of unbranched alkanes of at least 4 members (excludes halogenated alkanes) is 1. The van der Waals surface area contributed by atoms with Crippen molar-refractivity contribution in [2.75, 3.05) is 40.5 Å². The van der Waals surface area contributed by atoms with Gasteiger partial charge in [-0.2, -0.15) is 0 Å². The van der Waals surface area contributed by atoms with Gasteiger partial charge in [-0.15, -0.1) is 0 Å². The number of hydrogen-bond acceptors (Lipinski definition) is 4. The quantitative estimate of drug-likeness (QED) is 0.654. The van der Waals surface area contributed by atoms with Crippen LogP contribution in [0.25, 0.3) is 0 Å². The topological polar surface area (TPSA) is 30.9 Å². The van der Waals surface area contributed by atoms with Crippen molar-refractivity contribution in [3.63, 3.8) is 0 Å². The highest BCUT2D eigenvalue weighted by Gasteiger charge is 2.08. The summed E-state index contributed by atoms with van der Waals surface area (Å²) in [5.74, 6) is 1.62. The van der Waals surface area contributed by atoms with Crippen molar-refractivity contribution in [3.8, 4) is 11.5 Å². The summed E-state index contributed by atoms with van der Waals surface area (Å²) in [6, 6.07) is 5.87. The fraction of sp³-hybridized carbons (Fsp3) is 0.667. The minimum Gasteiger partial charge on any atom is -0.497 e. The molecule has 1 aliphatic heterocycles. The van der Waals surface area contributed by atoms with Gasteiger partial charge in [-0.3, -0.25) is 0 Å². The molecule has 0 saturated carbocycles. The zero-order valence-corrected chi connectivity index (χ0v) is 14.0. The van der Waals surface area contributed by atoms with E-state index in [1.165, 1.54) is 45.3 Å². The zero-order chi connectivity index (χ0) is 15.6. The van der Waals surface area contributed by atoms with Crippen molar-refractivity contribution in [1.82, 2.24) is 4.90 Å². The van der Waals surface area contributed by atoms with Crippen LogP contribution in [0, 0.1) is 0 Å². The molecular formula is C18H29NO3. The molecule has 124 valence electrons. The van der Waals surface area contributed by atoms with Gasteiger partial charge < -0.3 is 19.1 Å². The molecule has 2 rings (SSSR count). The number of hydrogen-bond donors (Lipinski definition) is 0. The summed E-state index contributed by atoms with van der Waals surface area (Å²) >= 11 is 0. The molecule has 0 radical (unpaired) electrons. The maximum Gasteiger partial charge on any atom is 0.122 e. The molecule has 22 heavy (non-hydrogen) atoms. The highest BCUT2D eigenvalue weighted by atomic mass is 16.5. The number of methoxy groups -OCH3 is 2. The average Bonchev–Trinajstić information content (AvgIpc) is 2.58. The molecule has 0 amide bonds. The fourth-order valence-corrected chi connectivity index (χ4v) is 2.86. The Hall–Kier alpha value is -1.26. The van der Waals surface area contributed by atoms with E-state index in [1.54, 1.807) is 14.2 Å². The van der Waals surface area contributed by atoms with Crippen molar-refractivity contribution in [1.29, 1.82) is 0 Å². The van der Waals surface area contributed by atoms with E-state index in [0.717, 1.165) is 30.1 Å². The molecule has 0 N–H and O–H groups in total. The lowest BCUT2D eigenvalue weighted by atomic mass is 10.1. The van der Waals surface area contributed by atoms with Crippen LogP contribution in [0.1, 0.15) is 37.7 Å². The van der Waals surface area contributed by atoms with Crippen LogP contribution in [-0.4, -0.2) is 45.4 Å². The number of piperidine rings is 1. The fourth-order valence-electron chi connectivity index (χ4n) is 2.86. The first-order valence-corrected chi connectivity index (χ1v) is 8.34. The minimum atomic E-state index is 0.608. The van der Waals surface area contributed by atoms with E-state index in [4.69, 9.17) is 14.2 Å². The SMILES string of the molecule is COc1cc(COCCCCN2CCCCC2)cc(OC)c1. The first-order valence-electron chi connectivity index (χ1n) is 8.34. The normalized spacial score (nSPS) is 15.7. The zero-order valence-electron chi connectivity index (χ0n) is 14.0. The summed E-state index contributed by atoms with van der Waals surface area (Å²) in [5, 5.41) is 0. The van der Waals surface area contributed by atoms with Crippen LogP contribution in [0.5, 0.6) is 11.5 Å².